The van der Waals surface area contributed by atoms with Crippen LogP contribution in [-0.4, -0.2) is 24.8 Å². The lowest BCUT2D eigenvalue weighted by atomic mass is 10.1. The van der Waals surface area contributed by atoms with Crippen LogP contribution in [0.2, 0.25) is 0 Å². The molecule has 2 heteroatoms. The average molecular weight is 191 g/mol. The Morgan fingerprint density at radius 2 is 2.07 bits per heavy atom. The van der Waals surface area contributed by atoms with Crippen molar-refractivity contribution in [2.45, 2.75) is 13.3 Å². The number of hydrogen-bond donors (Lipinski definition) is 1. The minimum atomic E-state index is 0.322. The molecular formula is C12H17NO. The maximum absolute atomic E-state index is 9.05. The van der Waals surface area contributed by atoms with E-state index in [9.17, 15) is 0 Å². The summed E-state index contributed by atoms with van der Waals surface area (Å²) in [5, 5.41) is 9.05. The zero-order valence-corrected chi connectivity index (χ0v) is 8.61. The first kappa shape index (κ1) is 9.53. The summed E-state index contributed by atoms with van der Waals surface area (Å²) >= 11 is 0. The van der Waals surface area contributed by atoms with Gasteiger partial charge in [-0.3, -0.25) is 0 Å². The zero-order valence-electron chi connectivity index (χ0n) is 8.61. The first-order valence-electron chi connectivity index (χ1n) is 5.22. The van der Waals surface area contributed by atoms with E-state index in [0.717, 1.165) is 19.5 Å². The fourth-order valence-corrected chi connectivity index (χ4v) is 1.97. The van der Waals surface area contributed by atoms with Crippen molar-refractivity contribution in [3.63, 3.8) is 0 Å². The Balaban J connectivity index is 2.06. The predicted molar refractivity (Wildman–Crippen MR) is 58.6 cm³/mol. The molecular weight excluding hydrogens is 174 g/mol. The highest BCUT2D eigenvalue weighted by Crippen LogP contribution is 2.23. The van der Waals surface area contributed by atoms with Crippen LogP contribution in [0, 0.1) is 12.8 Å². The number of aliphatic hydroxyl groups is 1. The topological polar surface area (TPSA) is 23.5 Å². The molecule has 0 aliphatic carbocycles. The highest BCUT2D eigenvalue weighted by molar-refractivity contribution is 5.48. The number of nitrogens with zero attached hydrogens (tertiary/aromatic N) is 1. The van der Waals surface area contributed by atoms with Gasteiger partial charge in [-0.2, -0.15) is 0 Å². The largest absolute Gasteiger partial charge is 0.396 e. The van der Waals surface area contributed by atoms with Gasteiger partial charge in [0.15, 0.2) is 0 Å². The quantitative estimate of drug-likeness (QED) is 0.770. The van der Waals surface area contributed by atoms with Crippen molar-refractivity contribution in [1.82, 2.24) is 0 Å². The minimum Gasteiger partial charge on any atom is -0.396 e. The van der Waals surface area contributed by atoms with Gasteiger partial charge in [0, 0.05) is 31.3 Å². The third kappa shape index (κ3) is 1.90. The molecule has 2 rings (SSSR count). The van der Waals surface area contributed by atoms with Gasteiger partial charge in [0.05, 0.1) is 0 Å². The normalized spacial score (nSPS) is 21.6. The summed E-state index contributed by atoms with van der Waals surface area (Å²) in [6, 6.07) is 8.60. The Morgan fingerprint density at radius 1 is 1.36 bits per heavy atom. The van der Waals surface area contributed by atoms with E-state index in [0.29, 0.717) is 12.5 Å². The fraction of sp³-hybridized carbons (Fsp3) is 0.500. The number of benzene rings is 1. The van der Waals surface area contributed by atoms with Crippen LogP contribution in [-0.2, 0) is 0 Å². The lowest BCUT2D eigenvalue weighted by Crippen LogP contribution is -2.20. The zero-order chi connectivity index (χ0) is 9.97. The molecule has 1 aromatic rings. The minimum absolute atomic E-state index is 0.322. The predicted octanol–water partition coefficient (Wildman–Crippen LogP) is 1.81. The van der Waals surface area contributed by atoms with Crippen LogP contribution in [0.1, 0.15) is 12.0 Å². The van der Waals surface area contributed by atoms with Crippen LogP contribution in [0.3, 0.4) is 0 Å². The van der Waals surface area contributed by atoms with Crippen molar-refractivity contribution in [1.29, 1.82) is 0 Å². The number of anilines is 1. The molecule has 1 heterocycles. The Morgan fingerprint density at radius 3 is 2.64 bits per heavy atom. The van der Waals surface area contributed by atoms with E-state index < -0.39 is 0 Å². The van der Waals surface area contributed by atoms with Crippen LogP contribution >= 0.6 is 0 Å². The molecule has 2 nitrogen and oxygen atoms in total. The van der Waals surface area contributed by atoms with E-state index in [1.807, 2.05) is 0 Å². The first-order valence-corrected chi connectivity index (χ1v) is 5.22. The Kier molecular flexibility index (Phi) is 2.73. The molecule has 1 atom stereocenters. The summed E-state index contributed by atoms with van der Waals surface area (Å²) in [5.74, 6) is 0.469. The summed E-state index contributed by atoms with van der Waals surface area (Å²) in [5.41, 5.74) is 2.58. The monoisotopic (exact) mass is 191 g/mol. The summed E-state index contributed by atoms with van der Waals surface area (Å²) in [7, 11) is 0. The smallest absolute Gasteiger partial charge is 0.0476 e. The van der Waals surface area contributed by atoms with Gasteiger partial charge in [-0.15, -0.1) is 0 Å². The van der Waals surface area contributed by atoms with Crippen molar-refractivity contribution in [2.75, 3.05) is 24.6 Å². The number of aliphatic hydroxyl groups excluding tert-OH is 1. The van der Waals surface area contributed by atoms with Gasteiger partial charge >= 0.3 is 0 Å². The SMILES string of the molecule is Cc1ccc(N2CC[C@@H](CO)C2)cc1. The number of aryl methyl sites for hydroxylation is 1. The Labute approximate surface area is 85.2 Å². The van der Waals surface area contributed by atoms with E-state index in [1.54, 1.807) is 0 Å². The van der Waals surface area contributed by atoms with Gasteiger partial charge in [0.2, 0.25) is 0 Å². The third-order valence-corrected chi connectivity index (χ3v) is 2.94. The molecule has 0 amide bonds. The molecule has 1 N–H and O–H groups in total. The highest BCUT2D eigenvalue weighted by atomic mass is 16.3. The van der Waals surface area contributed by atoms with Crippen LogP contribution in [0.5, 0.6) is 0 Å². The molecule has 0 aromatic heterocycles. The molecule has 0 unspecified atom stereocenters. The van der Waals surface area contributed by atoms with Crippen molar-refractivity contribution in [2.24, 2.45) is 5.92 Å². The molecule has 1 aromatic carbocycles. The molecule has 1 aliphatic heterocycles. The molecule has 0 bridgehead atoms. The maximum Gasteiger partial charge on any atom is 0.0476 e. The highest BCUT2D eigenvalue weighted by Gasteiger charge is 2.21. The van der Waals surface area contributed by atoms with E-state index in [2.05, 4.69) is 36.1 Å². The lowest BCUT2D eigenvalue weighted by Gasteiger charge is -2.18. The van der Waals surface area contributed by atoms with Gasteiger partial charge in [-0.25, -0.2) is 0 Å². The molecule has 1 aliphatic rings. The summed E-state index contributed by atoms with van der Waals surface area (Å²) in [4.78, 5) is 2.35. The standard InChI is InChI=1S/C12H17NO/c1-10-2-4-12(5-3-10)13-7-6-11(8-13)9-14/h2-5,11,14H,6-9H2,1H3/t11-/m1/s1. The molecule has 76 valence electrons. The first-order chi connectivity index (χ1) is 6.79. The second-order valence-electron chi connectivity index (χ2n) is 4.12. The van der Waals surface area contributed by atoms with Gasteiger partial charge in [-0.05, 0) is 25.5 Å². The summed E-state index contributed by atoms with van der Waals surface area (Å²) < 4.78 is 0. The molecule has 1 saturated heterocycles. The van der Waals surface area contributed by atoms with Gasteiger partial charge in [-0.1, -0.05) is 17.7 Å². The van der Waals surface area contributed by atoms with Crippen LogP contribution in [0.15, 0.2) is 24.3 Å². The van der Waals surface area contributed by atoms with Crippen LogP contribution < -0.4 is 4.90 Å². The van der Waals surface area contributed by atoms with Gasteiger partial charge in [0.1, 0.15) is 0 Å². The Bertz CT molecular complexity index is 294. The maximum atomic E-state index is 9.05. The van der Waals surface area contributed by atoms with Crippen LogP contribution in [0.25, 0.3) is 0 Å². The lowest BCUT2D eigenvalue weighted by molar-refractivity contribution is 0.238. The summed E-state index contributed by atoms with van der Waals surface area (Å²) in [6.45, 7) is 4.50. The molecule has 0 radical (unpaired) electrons. The number of rotatable bonds is 2. The van der Waals surface area contributed by atoms with E-state index in [-0.39, 0.29) is 0 Å². The van der Waals surface area contributed by atoms with E-state index in [1.165, 1.54) is 11.3 Å². The van der Waals surface area contributed by atoms with Crippen molar-refractivity contribution >= 4 is 5.69 Å². The second kappa shape index (κ2) is 4.01. The molecule has 0 spiro atoms. The summed E-state index contributed by atoms with van der Waals surface area (Å²) in [6.07, 6.45) is 1.12. The van der Waals surface area contributed by atoms with Gasteiger partial charge in [0.25, 0.3) is 0 Å². The number of hydrogen-bond acceptors (Lipinski definition) is 2. The van der Waals surface area contributed by atoms with Crippen molar-refractivity contribution in [3.8, 4) is 0 Å². The molecule has 0 saturated carbocycles. The van der Waals surface area contributed by atoms with Crippen molar-refractivity contribution in [3.05, 3.63) is 29.8 Å². The average Bonchev–Trinajstić information content (AvgIpc) is 2.67. The Hall–Kier alpha value is -1.02. The van der Waals surface area contributed by atoms with Crippen LogP contribution in [0.4, 0.5) is 5.69 Å². The third-order valence-electron chi connectivity index (χ3n) is 2.94. The van der Waals surface area contributed by atoms with Crippen molar-refractivity contribution < 1.29 is 5.11 Å². The van der Waals surface area contributed by atoms with E-state index >= 15 is 0 Å². The van der Waals surface area contributed by atoms with E-state index in [4.69, 9.17) is 5.11 Å². The molecule has 1 fully saturated rings. The molecule has 14 heavy (non-hydrogen) atoms. The second-order valence-corrected chi connectivity index (χ2v) is 4.12. The van der Waals surface area contributed by atoms with Gasteiger partial charge < -0.3 is 10.0 Å². The fourth-order valence-electron chi connectivity index (χ4n) is 1.97.